The number of aryl methyl sites for hydroxylation is 3. The molecule has 2 aromatic heterocycles. The highest BCUT2D eigenvalue weighted by atomic mass is 16.2. The van der Waals surface area contributed by atoms with Gasteiger partial charge in [-0.1, -0.05) is 0 Å². The third-order valence-corrected chi connectivity index (χ3v) is 2.62. The van der Waals surface area contributed by atoms with Crippen molar-refractivity contribution in [3.05, 3.63) is 51.1 Å². The van der Waals surface area contributed by atoms with E-state index >= 15 is 0 Å². The van der Waals surface area contributed by atoms with Gasteiger partial charge in [0.15, 0.2) is 0 Å². The highest BCUT2D eigenvalue weighted by Crippen LogP contribution is 1.97. The third-order valence-electron chi connectivity index (χ3n) is 2.62. The Balaban J connectivity index is 2.22. The predicted molar refractivity (Wildman–Crippen MR) is 62.9 cm³/mol. The van der Waals surface area contributed by atoms with Crippen LogP contribution in [0.25, 0.3) is 0 Å². The van der Waals surface area contributed by atoms with Crippen LogP contribution in [-0.4, -0.2) is 18.9 Å². The van der Waals surface area contributed by atoms with Crippen molar-refractivity contribution in [2.24, 2.45) is 14.1 Å². The summed E-state index contributed by atoms with van der Waals surface area (Å²) in [5, 5.41) is 4.04. The van der Waals surface area contributed by atoms with Crippen molar-refractivity contribution >= 4 is 0 Å². The molecule has 0 bridgehead atoms. The lowest BCUT2D eigenvalue weighted by atomic mass is 10.2. The Labute approximate surface area is 97.7 Å². The molecule has 0 aromatic carbocycles. The van der Waals surface area contributed by atoms with E-state index in [9.17, 15) is 9.59 Å². The van der Waals surface area contributed by atoms with Crippen LogP contribution in [0.2, 0.25) is 0 Å². The van der Waals surface area contributed by atoms with E-state index in [1.54, 1.807) is 17.9 Å². The van der Waals surface area contributed by atoms with Crippen molar-refractivity contribution in [2.75, 3.05) is 0 Å². The maximum Gasteiger partial charge on any atom is 0.330 e. The largest absolute Gasteiger partial charge is 0.330 e. The van der Waals surface area contributed by atoms with Crippen LogP contribution in [0.3, 0.4) is 0 Å². The molecule has 2 rings (SSSR count). The quantitative estimate of drug-likeness (QED) is 0.721. The molecule has 0 atom stereocenters. The van der Waals surface area contributed by atoms with Gasteiger partial charge in [0.05, 0.1) is 6.20 Å². The van der Waals surface area contributed by atoms with Crippen LogP contribution in [0.4, 0.5) is 0 Å². The zero-order chi connectivity index (χ0) is 12.4. The summed E-state index contributed by atoms with van der Waals surface area (Å²) >= 11 is 0. The van der Waals surface area contributed by atoms with Crippen molar-refractivity contribution in [1.29, 1.82) is 0 Å². The summed E-state index contributed by atoms with van der Waals surface area (Å²) in [5.41, 5.74) is 0.448. The highest BCUT2D eigenvalue weighted by molar-refractivity contribution is 5.03. The second-order valence-corrected chi connectivity index (χ2v) is 3.97. The van der Waals surface area contributed by atoms with Gasteiger partial charge in [-0.05, 0) is 12.0 Å². The molecule has 6 nitrogen and oxygen atoms in total. The fourth-order valence-corrected chi connectivity index (χ4v) is 1.66. The minimum atomic E-state index is -0.290. The van der Waals surface area contributed by atoms with Crippen molar-refractivity contribution in [3.8, 4) is 0 Å². The van der Waals surface area contributed by atoms with E-state index < -0.39 is 0 Å². The average Bonchev–Trinajstić information content (AvgIpc) is 2.70. The molecule has 0 radical (unpaired) electrons. The summed E-state index contributed by atoms with van der Waals surface area (Å²) in [4.78, 5) is 23.3. The molecule has 0 N–H and O–H groups in total. The zero-order valence-corrected chi connectivity index (χ0v) is 9.83. The van der Waals surface area contributed by atoms with E-state index in [0.717, 1.165) is 5.56 Å². The maximum atomic E-state index is 11.7. The molecule has 0 aliphatic heterocycles. The number of nitrogens with zero attached hydrogens (tertiary/aromatic N) is 4. The Hall–Kier alpha value is -2.11. The van der Waals surface area contributed by atoms with Gasteiger partial charge in [-0.15, -0.1) is 0 Å². The molecule has 2 heterocycles. The van der Waals surface area contributed by atoms with Gasteiger partial charge < -0.3 is 4.57 Å². The first-order valence-corrected chi connectivity index (χ1v) is 5.32. The van der Waals surface area contributed by atoms with Crippen molar-refractivity contribution in [3.63, 3.8) is 0 Å². The fourth-order valence-electron chi connectivity index (χ4n) is 1.66. The summed E-state index contributed by atoms with van der Waals surface area (Å²) in [5.74, 6) is 0. The number of rotatable bonds is 3. The lowest BCUT2D eigenvalue weighted by Crippen LogP contribution is -2.38. The average molecular weight is 234 g/mol. The van der Waals surface area contributed by atoms with E-state index in [-0.39, 0.29) is 11.2 Å². The standard InChI is InChI=1S/C11H14N4O2/c1-13-5-4-10(16)15(11(13)17)6-3-9-7-12-14(2)8-9/h4-5,7-8H,3,6H2,1-2H3. The molecule has 0 saturated heterocycles. The molecular weight excluding hydrogens is 220 g/mol. The molecule has 0 aliphatic rings. The molecule has 0 fully saturated rings. The summed E-state index contributed by atoms with van der Waals surface area (Å²) in [7, 11) is 3.46. The van der Waals surface area contributed by atoms with Gasteiger partial charge in [-0.25, -0.2) is 4.79 Å². The van der Waals surface area contributed by atoms with E-state index in [1.807, 2.05) is 13.2 Å². The molecule has 0 unspecified atom stereocenters. The van der Waals surface area contributed by atoms with Crippen LogP contribution >= 0.6 is 0 Å². The molecule has 2 aromatic rings. The van der Waals surface area contributed by atoms with Gasteiger partial charge in [-0.2, -0.15) is 5.10 Å². The lowest BCUT2D eigenvalue weighted by Gasteiger charge is -2.04. The van der Waals surface area contributed by atoms with Crippen molar-refractivity contribution in [1.82, 2.24) is 18.9 Å². The second-order valence-electron chi connectivity index (χ2n) is 3.97. The first-order chi connectivity index (χ1) is 8.08. The van der Waals surface area contributed by atoms with Crippen LogP contribution in [-0.2, 0) is 27.1 Å². The Morgan fingerprint density at radius 2 is 2.06 bits per heavy atom. The van der Waals surface area contributed by atoms with Crippen LogP contribution in [0.5, 0.6) is 0 Å². The van der Waals surface area contributed by atoms with Crippen molar-refractivity contribution in [2.45, 2.75) is 13.0 Å². The zero-order valence-electron chi connectivity index (χ0n) is 9.83. The smallest absolute Gasteiger partial charge is 0.303 e. The van der Waals surface area contributed by atoms with Crippen LogP contribution in [0.1, 0.15) is 5.56 Å². The summed E-state index contributed by atoms with van der Waals surface area (Å²) in [6.07, 6.45) is 5.70. The Morgan fingerprint density at radius 3 is 2.71 bits per heavy atom. The normalized spacial score (nSPS) is 10.7. The van der Waals surface area contributed by atoms with Gasteiger partial charge in [0.25, 0.3) is 5.56 Å². The van der Waals surface area contributed by atoms with Crippen molar-refractivity contribution < 1.29 is 0 Å². The van der Waals surface area contributed by atoms with E-state index in [1.165, 1.54) is 21.4 Å². The topological polar surface area (TPSA) is 61.8 Å². The lowest BCUT2D eigenvalue weighted by molar-refractivity contribution is 0.590. The predicted octanol–water partition coefficient (Wildman–Crippen LogP) is -0.477. The summed E-state index contributed by atoms with van der Waals surface area (Å²) in [6, 6.07) is 1.39. The Morgan fingerprint density at radius 1 is 1.29 bits per heavy atom. The van der Waals surface area contributed by atoms with Crippen LogP contribution in [0.15, 0.2) is 34.2 Å². The molecule has 17 heavy (non-hydrogen) atoms. The molecule has 0 amide bonds. The number of aromatic nitrogens is 4. The van der Waals surface area contributed by atoms with E-state index in [0.29, 0.717) is 13.0 Å². The molecule has 0 aliphatic carbocycles. The minimum Gasteiger partial charge on any atom is -0.303 e. The van der Waals surface area contributed by atoms with Gasteiger partial charge in [0.2, 0.25) is 0 Å². The summed E-state index contributed by atoms with van der Waals surface area (Å²) in [6.45, 7) is 0.373. The Kier molecular flexibility index (Phi) is 2.95. The van der Waals surface area contributed by atoms with E-state index in [4.69, 9.17) is 0 Å². The van der Waals surface area contributed by atoms with Crippen LogP contribution < -0.4 is 11.2 Å². The molecule has 0 spiro atoms. The fraction of sp³-hybridized carbons (Fsp3) is 0.364. The second kappa shape index (κ2) is 4.40. The first-order valence-electron chi connectivity index (χ1n) is 5.32. The van der Waals surface area contributed by atoms with Gasteiger partial charge in [0, 0.05) is 39.1 Å². The highest BCUT2D eigenvalue weighted by Gasteiger charge is 2.03. The molecule has 0 saturated carbocycles. The first kappa shape index (κ1) is 11.4. The summed E-state index contributed by atoms with van der Waals surface area (Å²) < 4.78 is 4.32. The molecule has 90 valence electrons. The monoisotopic (exact) mass is 234 g/mol. The van der Waals surface area contributed by atoms with E-state index in [2.05, 4.69) is 5.10 Å². The van der Waals surface area contributed by atoms with Gasteiger partial charge in [0.1, 0.15) is 0 Å². The molecular formula is C11H14N4O2. The SMILES string of the molecule is Cn1cc(CCn2c(=O)ccn(C)c2=O)cn1. The minimum absolute atomic E-state index is 0.267. The van der Waals surface area contributed by atoms with Crippen LogP contribution in [0, 0.1) is 0 Å². The van der Waals surface area contributed by atoms with Gasteiger partial charge >= 0.3 is 5.69 Å². The third kappa shape index (κ3) is 2.35. The maximum absolute atomic E-state index is 11.7. The molecule has 6 heteroatoms. The van der Waals surface area contributed by atoms with Gasteiger partial charge in [-0.3, -0.25) is 14.0 Å². The Bertz CT molecular complexity index is 635. The number of hydrogen-bond donors (Lipinski definition) is 0. The number of hydrogen-bond acceptors (Lipinski definition) is 3.